The van der Waals surface area contributed by atoms with Crippen molar-refractivity contribution in [2.24, 2.45) is 0 Å². The molecule has 0 saturated heterocycles. The molecule has 4 N–H and O–H groups in total. The molecule has 0 saturated carbocycles. The highest BCUT2D eigenvalue weighted by molar-refractivity contribution is 7.99. The van der Waals surface area contributed by atoms with Crippen molar-refractivity contribution in [2.45, 2.75) is 120 Å². The van der Waals surface area contributed by atoms with E-state index in [1.54, 1.807) is 24.3 Å². The second-order valence-electron chi connectivity index (χ2n) is 11.6. The SMILES string of the molecule is CSCCCCCCCCCCC(=O)Nc1cccc(SCCCCCCCCCCC(=O)Nc2cccc(B(O)O)c2)c1. The Kier molecular flexibility index (Phi) is 22.0. The molecule has 0 aliphatic carbocycles. The molecule has 0 aliphatic rings. The zero-order valence-corrected chi connectivity index (χ0v) is 28.5. The van der Waals surface area contributed by atoms with Gasteiger partial charge in [-0.25, -0.2) is 0 Å². The number of unbranched alkanes of at least 4 members (excludes halogenated alkanes) is 14. The molecule has 0 aliphatic heterocycles. The van der Waals surface area contributed by atoms with E-state index < -0.39 is 7.12 Å². The van der Waals surface area contributed by atoms with Gasteiger partial charge in [0.05, 0.1) is 0 Å². The molecular weight excluding hydrogens is 587 g/mol. The van der Waals surface area contributed by atoms with Gasteiger partial charge in [0.25, 0.3) is 0 Å². The van der Waals surface area contributed by atoms with Gasteiger partial charge in [-0.2, -0.15) is 11.8 Å². The molecule has 0 aromatic heterocycles. The second-order valence-corrected chi connectivity index (χ2v) is 13.8. The summed E-state index contributed by atoms with van der Waals surface area (Å²) in [6.45, 7) is 0. The maximum Gasteiger partial charge on any atom is 0.488 e. The van der Waals surface area contributed by atoms with Crippen LogP contribution in [0.5, 0.6) is 0 Å². The lowest BCUT2D eigenvalue weighted by atomic mass is 9.80. The predicted molar refractivity (Wildman–Crippen MR) is 192 cm³/mol. The number of thioether (sulfide) groups is 2. The molecule has 0 heterocycles. The number of nitrogens with one attached hydrogen (secondary N) is 2. The number of carbonyl (C=O) groups excluding carboxylic acids is 2. The number of anilines is 2. The minimum Gasteiger partial charge on any atom is -0.423 e. The molecule has 0 atom stereocenters. The summed E-state index contributed by atoms with van der Waals surface area (Å²) in [5.41, 5.74) is 1.86. The van der Waals surface area contributed by atoms with E-state index in [0.29, 0.717) is 24.0 Å². The number of amides is 2. The van der Waals surface area contributed by atoms with Crippen LogP contribution in [0.3, 0.4) is 0 Å². The van der Waals surface area contributed by atoms with E-state index in [9.17, 15) is 19.6 Å². The lowest BCUT2D eigenvalue weighted by Gasteiger charge is -2.08. The van der Waals surface area contributed by atoms with E-state index in [1.807, 2.05) is 35.7 Å². The van der Waals surface area contributed by atoms with E-state index in [4.69, 9.17) is 0 Å². The van der Waals surface area contributed by atoms with Crippen molar-refractivity contribution >= 4 is 59.3 Å². The van der Waals surface area contributed by atoms with Gasteiger partial charge in [-0.15, -0.1) is 11.8 Å². The lowest BCUT2D eigenvalue weighted by Crippen LogP contribution is -2.30. The Bertz CT molecular complexity index is 1060. The van der Waals surface area contributed by atoms with E-state index in [1.165, 1.54) is 81.3 Å². The van der Waals surface area contributed by atoms with Crippen molar-refractivity contribution < 1.29 is 19.6 Å². The van der Waals surface area contributed by atoms with Crippen LogP contribution in [0.1, 0.15) is 116 Å². The third-order valence-electron chi connectivity index (χ3n) is 7.66. The Hall–Kier alpha value is -1.94. The fourth-order valence-corrected chi connectivity index (χ4v) is 6.58. The van der Waals surface area contributed by atoms with Crippen LogP contribution in [0.4, 0.5) is 11.4 Å². The molecule has 44 heavy (non-hydrogen) atoms. The van der Waals surface area contributed by atoms with Crippen LogP contribution >= 0.6 is 23.5 Å². The highest BCUT2D eigenvalue weighted by Gasteiger charge is 2.11. The topological polar surface area (TPSA) is 98.7 Å². The average molecular weight is 643 g/mol. The molecule has 0 radical (unpaired) electrons. The molecular formula is C35H55BN2O4S2. The van der Waals surface area contributed by atoms with E-state index in [0.717, 1.165) is 43.5 Å². The fourth-order valence-electron chi connectivity index (χ4n) is 5.12. The summed E-state index contributed by atoms with van der Waals surface area (Å²) in [6, 6.07) is 14.9. The molecule has 2 rings (SSSR count). The quantitative estimate of drug-likeness (QED) is 0.0467. The van der Waals surface area contributed by atoms with E-state index >= 15 is 0 Å². The summed E-state index contributed by atoms with van der Waals surface area (Å²) in [6.07, 6.45) is 22.4. The van der Waals surface area contributed by atoms with Gasteiger partial charge in [0, 0.05) is 29.1 Å². The Morgan fingerprint density at radius 3 is 1.59 bits per heavy atom. The molecule has 2 aromatic rings. The van der Waals surface area contributed by atoms with Gasteiger partial charge >= 0.3 is 7.12 Å². The number of rotatable bonds is 26. The van der Waals surface area contributed by atoms with Crippen molar-refractivity contribution in [1.82, 2.24) is 0 Å². The smallest absolute Gasteiger partial charge is 0.423 e. The van der Waals surface area contributed by atoms with Crippen molar-refractivity contribution in [3.05, 3.63) is 48.5 Å². The largest absolute Gasteiger partial charge is 0.488 e. The van der Waals surface area contributed by atoms with Crippen LogP contribution in [0, 0.1) is 0 Å². The first-order valence-corrected chi connectivity index (χ1v) is 19.1. The summed E-state index contributed by atoms with van der Waals surface area (Å²) in [5.74, 6) is 2.46. The monoisotopic (exact) mass is 642 g/mol. The van der Waals surface area contributed by atoms with Gasteiger partial charge < -0.3 is 20.7 Å². The second kappa shape index (κ2) is 25.3. The highest BCUT2D eigenvalue weighted by Crippen LogP contribution is 2.24. The van der Waals surface area contributed by atoms with Gasteiger partial charge in [0.1, 0.15) is 0 Å². The fraction of sp³-hybridized carbons (Fsp3) is 0.600. The molecule has 2 aromatic carbocycles. The summed E-state index contributed by atoms with van der Waals surface area (Å²) >= 11 is 3.80. The number of carbonyl (C=O) groups is 2. The van der Waals surface area contributed by atoms with E-state index in [-0.39, 0.29) is 11.8 Å². The Morgan fingerprint density at radius 2 is 1.07 bits per heavy atom. The Labute approximate surface area is 275 Å². The standard InChI is InChI=1S/C35H55BN2O4S2/c1-43-26-16-12-8-4-2-6-11-15-25-35(40)38-32-22-19-23-33(29-32)44-27-17-13-9-5-3-7-10-14-24-34(39)37-31-21-18-20-30(28-31)36(41)42/h18-23,28-29,41-42H,2-17,24-27H2,1H3,(H,37,39)(H,38,40). The Morgan fingerprint density at radius 1 is 0.614 bits per heavy atom. The minimum atomic E-state index is -1.54. The van der Waals surface area contributed by atoms with Crippen LogP contribution in [-0.2, 0) is 9.59 Å². The summed E-state index contributed by atoms with van der Waals surface area (Å²) in [5, 5.41) is 24.4. The summed E-state index contributed by atoms with van der Waals surface area (Å²) in [7, 11) is -1.54. The van der Waals surface area contributed by atoms with Crippen LogP contribution in [-0.4, -0.2) is 46.7 Å². The molecule has 6 nitrogen and oxygen atoms in total. The molecule has 0 fully saturated rings. The summed E-state index contributed by atoms with van der Waals surface area (Å²) in [4.78, 5) is 25.7. The van der Waals surface area contributed by atoms with Crippen molar-refractivity contribution in [3.63, 3.8) is 0 Å². The maximum absolute atomic E-state index is 12.4. The summed E-state index contributed by atoms with van der Waals surface area (Å²) < 4.78 is 0. The van der Waals surface area contributed by atoms with Crippen LogP contribution in [0.15, 0.2) is 53.4 Å². The van der Waals surface area contributed by atoms with Crippen molar-refractivity contribution in [1.29, 1.82) is 0 Å². The Balaban J connectivity index is 1.42. The highest BCUT2D eigenvalue weighted by atomic mass is 32.2. The normalized spacial score (nSPS) is 11.0. The molecule has 0 bridgehead atoms. The first kappa shape index (κ1) is 38.2. The van der Waals surface area contributed by atoms with Crippen molar-refractivity contribution in [3.8, 4) is 0 Å². The minimum absolute atomic E-state index is 0.0381. The molecule has 0 unspecified atom stereocenters. The number of hydrogen-bond donors (Lipinski definition) is 4. The third-order valence-corrected chi connectivity index (χ3v) is 9.43. The van der Waals surface area contributed by atoms with Crippen LogP contribution in [0.2, 0.25) is 0 Å². The van der Waals surface area contributed by atoms with Gasteiger partial charge in [-0.05, 0) is 79.2 Å². The van der Waals surface area contributed by atoms with E-state index in [2.05, 4.69) is 29.0 Å². The van der Waals surface area contributed by atoms with Gasteiger partial charge in [-0.1, -0.05) is 95.2 Å². The maximum atomic E-state index is 12.4. The first-order chi connectivity index (χ1) is 21.5. The molecule has 0 spiro atoms. The number of hydrogen-bond acceptors (Lipinski definition) is 6. The van der Waals surface area contributed by atoms with Crippen molar-refractivity contribution in [2.75, 3.05) is 28.4 Å². The van der Waals surface area contributed by atoms with Gasteiger partial charge in [-0.3, -0.25) is 9.59 Å². The zero-order valence-electron chi connectivity index (χ0n) is 26.9. The first-order valence-electron chi connectivity index (χ1n) is 16.8. The number of benzene rings is 2. The lowest BCUT2D eigenvalue weighted by molar-refractivity contribution is -0.117. The van der Waals surface area contributed by atoms with Gasteiger partial charge in [0.2, 0.25) is 11.8 Å². The third kappa shape index (κ3) is 19.5. The zero-order chi connectivity index (χ0) is 31.7. The molecule has 244 valence electrons. The van der Waals surface area contributed by atoms with Crippen LogP contribution < -0.4 is 16.1 Å². The average Bonchev–Trinajstić information content (AvgIpc) is 3.01. The predicted octanol–water partition coefficient (Wildman–Crippen LogP) is 8.42. The molecule has 9 heteroatoms. The van der Waals surface area contributed by atoms with Crippen LogP contribution in [0.25, 0.3) is 0 Å². The molecule has 2 amide bonds. The van der Waals surface area contributed by atoms with Gasteiger partial charge in [0.15, 0.2) is 0 Å².